The standard InChI is InChI=1S/C9H8Cl2N2/c1-2-13-8-4-3-6(10)5-7(8)12-9(13)11/h3-5H,2H2,1H3. The number of hydrogen-bond donors (Lipinski definition) is 0. The first-order chi connectivity index (χ1) is 6.22. The lowest BCUT2D eigenvalue weighted by Gasteiger charge is -1.99. The zero-order chi connectivity index (χ0) is 9.42. The second kappa shape index (κ2) is 3.20. The van der Waals surface area contributed by atoms with Crippen LogP contribution in [0.1, 0.15) is 6.92 Å². The second-order valence-electron chi connectivity index (χ2n) is 2.76. The molecule has 0 radical (unpaired) electrons. The van der Waals surface area contributed by atoms with Crippen molar-refractivity contribution in [1.29, 1.82) is 0 Å². The fourth-order valence-electron chi connectivity index (χ4n) is 1.37. The van der Waals surface area contributed by atoms with Crippen molar-refractivity contribution in [2.45, 2.75) is 13.5 Å². The predicted octanol–water partition coefficient (Wildman–Crippen LogP) is 3.36. The Morgan fingerprint density at radius 1 is 1.38 bits per heavy atom. The van der Waals surface area contributed by atoms with E-state index in [0.717, 1.165) is 17.6 Å². The van der Waals surface area contributed by atoms with Crippen LogP contribution in [-0.2, 0) is 6.54 Å². The molecule has 2 nitrogen and oxygen atoms in total. The monoisotopic (exact) mass is 214 g/mol. The van der Waals surface area contributed by atoms with Crippen LogP contribution in [0.4, 0.5) is 0 Å². The zero-order valence-corrected chi connectivity index (χ0v) is 8.60. The molecule has 0 atom stereocenters. The first kappa shape index (κ1) is 8.85. The fourth-order valence-corrected chi connectivity index (χ4v) is 1.84. The van der Waals surface area contributed by atoms with E-state index >= 15 is 0 Å². The van der Waals surface area contributed by atoms with Gasteiger partial charge in [-0.05, 0) is 36.7 Å². The number of aryl methyl sites for hydroxylation is 1. The number of hydrogen-bond acceptors (Lipinski definition) is 1. The van der Waals surface area contributed by atoms with Crippen LogP contribution in [0.5, 0.6) is 0 Å². The molecule has 68 valence electrons. The minimum atomic E-state index is 0.514. The summed E-state index contributed by atoms with van der Waals surface area (Å²) in [5.41, 5.74) is 1.87. The van der Waals surface area contributed by atoms with E-state index in [1.54, 1.807) is 0 Å². The van der Waals surface area contributed by atoms with E-state index < -0.39 is 0 Å². The van der Waals surface area contributed by atoms with E-state index in [4.69, 9.17) is 23.2 Å². The fraction of sp³-hybridized carbons (Fsp3) is 0.222. The molecule has 13 heavy (non-hydrogen) atoms. The lowest BCUT2D eigenvalue weighted by atomic mass is 10.3. The Morgan fingerprint density at radius 3 is 2.85 bits per heavy atom. The van der Waals surface area contributed by atoms with Crippen molar-refractivity contribution in [3.8, 4) is 0 Å². The van der Waals surface area contributed by atoms with E-state index in [-0.39, 0.29) is 0 Å². The molecule has 2 rings (SSSR count). The smallest absolute Gasteiger partial charge is 0.203 e. The maximum atomic E-state index is 5.93. The number of rotatable bonds is 1. The highest BCUT2D eigenvalue weighted by Gasteiger charge is 2.06. The summed E-state index contributed by atoms with van der Waals surface area (Å²) in [4.78, 5) is 4.19. The lowest BCUT2D eigenvalue weighted by Crippen LogP contribution is -1.92. The van der Waals surface area contributed by atoms with Crippen LogP contribution >= 0.6 is 23.2 Å². The van der Waals surface area contributed by atoms with Gasteiger partial charge in [0.05, 0.1) is 11.0 Å². The lowest BCUT2D eigenvalue weighted by molar-refractivity contribution is 0.788. The van der Waals surface area contributed by atoms with Crippen molar-refractivity contribution in [3.63, 3.8) is 0 Å². The first-order valence-corrected chi connectivity index (χ1v) is 4.79. The summed E-state index contributed by atoms with van der Waals surface area (Å²) in [6.07, 6.45) is 0. The van der Waals surface area contributed by atoms with Crippen LogP contribution in [0.3, 0.4) is 0 Å². The van der Waals surface area contributed by atoms with Crippen LogP contribution in [0.15, 0.2) is 18.2 Å². The molecule has 0 N–H and O–H groups in total. The molecular formula is C9H8Cl2N2. The van der Waals surface area contributed by atoms with Gasteiger partial charge in [-0.25, -0.2) is 4.98 Å². The molecule has 0 saturated carbocycles. The molecule has 0 aliphatic heterocycles. The SMILES string of the molecule is CCn1c(Cl)nc2cc(Cl)ccc21. The zero-order valence-electron chi connectivity index (χ0n) is 7.09. The second-order valence-corrected chi connectivity index (χ2v) is 3.53. The van der Waals surface area contributed by atoms with Crippen molar-refractivity contribution in [3.05, 3.63) is 28.5 Å². The first-order valence-electron chi connectivity index (χ1n) is 4.03. The van der Waals surface area contributed by atoms with E-state index in [0.29, 0.717) is 10.3 Å². The third-order valence-electron chi connectivity index (χ3n) is 1.98. The molecule has 1 heterocycles. The van der Waals surface area contributed by atoms with Gasteiger partial charge < -0.3 is 4.57 Å². The Morgan fingerprint density at radius 2 is 2.15 bits per heavy atom. The molecule has 1 aromatic heterocycles. The van der Waals surface area contributed by atoms with Crippen molar-refractivity contribution in [1.82, 2.24) is 9.55 Å². The van der Waals surface area contributed by atoms with Gasteiger partial charge in [-0.3, -0.25) is 0 Å². The largest absolute Gasteiger partial charge is 0.315 e. The van der Waals surface area contributed by atoms with E-state index in [2.05, 4.69) is 4.98 Å². The van der Waals surface area contributed by atoms with Gasteiger partial charge in [-0.2, -0.15) is 0 Å². The molecule has 0 aliphatic rings. The van der Waals surface area contributed by atoms with Crippen LogP contribution in [0.25, 0.3) is 11.0 Å². The Kier molecular flexibility index (Phi) is 2.18. The van der Waals surface area contributed by atoms with Gasteiger partial charge in [-0.15, -0.1) is 0 Å². The summed E-state index contributed by atoms with van der Waals surface area (Å²) >= 11 is 11.8. The average Bonchev–Trinajstić information content (AvgIpc) is 2.39. The van der Waals surface area contributed by atoms with E-state index in [9.17, 15) is 0 Å². The molecule has 1 aromatic carbocycles. The predicted molar refractivity (Wildman–Crippen MR) is 55.4 cm³/mol. The van der Waals surface area contributed by atoms with Crippen molar-refractivity contribution in [2.24, 2.45) is 0 Å². The average molecular weight is 215 g/mol. The number of nitrogens with zero attached hydrogens (tertiary/aromatic N) is 2. The van der Waals surface area contributed by atoms with E-state index in [1.807, 2.05) is 29.7 Å². The molecule has 0 saturated heterocycles. The van der Waals surface area contributed by atoms with Gasteiger partial charge >= 0.3 is 0 Å². The summed E-state index contributed by atoms with van der Waals surface area (Å²) in [6, 6.07) is 5.59. The van der Waals surface area contributed by atoms with Crippen LogP contribution < -0.4 is 0 Å². The van der Waals surface area contributed by atoms with Crippen LogP contribution in [0, 0.1) is 0 Å². The highest BCUT2D eigenvalue weighted by atomic mass is 35.5. The Hall–Kier alpha value is -0.730. The van der Waals surface area contributed by atoms with Crippen molar-refractivity contribution >= 4 is 34.2 Å². The molecule has 4 heteroatoms. The number of fused-ring (bicyclic) bond motifs is 1. The number of halogens is 2. The topological polar surface area (TPSA) is 17.8 Å². The van der Waals surface area contributed by atoms with Gasteiger partial charge in [0.15, 0.2) is 0 Å². The maximum absolute atomic E-state index is 5.93. The molecule has 0 bridgehead atoms. The minimum Gasteiger partial charge on any atom is -0.315 e. The number of aromatic nitrogens is 2. The van der Waals surface area contributed by atoms with Gasteiger partial charge in [0.1, 0.15) is 0 Å². The molecule has 0 amide bonds. The Bertz CT molecular complexity index is 448. The Labute approximate surface area is 86.1 Å². The summed E-state index contributed by atoms with van der Waals surface area (Å²) in [5, 5.41) is 1.20. The van der Waals surface area contributed by atoms with Crippen molar-refractivity contribution < 1.29 is 0 Å². The third kappa shape index (κ3) is 1.40. The van der Waals surface area contributed by atoms with Gasteiger partial charge in [0, 0.05) is 11.6 Å². The number of benzene rings is 1. The van der Waals surface area contributed by atoms with Crippen LogP contribution in [-0.4, -0.2) is 9.55 Å². The summed E-state index contributed by atoms with van der Waals surface area (Å²) in [5.74, 6) is 0. The molecule has 0 aliphatic carbocycles. The Balaban J connectivity index is 2.79. The molecular weight excluding hydrogens is 207 g/mol. The van der Waals surface area contributed by atoms with Crippen molar-refractivity contribution in [2.75, 3.05) is 0 Å². The minimum absolute atomic E-state index is 0.514. The summed E-state index contributed by atoms with van der Waals surface area (Å²) in [6.45, 7) is 2.85. The van der Waals surface area contributed by atoms with Gasteiger partial charge in [0.25, 0.3) is 0 Å². The third-order valence-corrected chi connectivity index (χ3v) is 2.50. The van der Waals surface area contributed by atoms with E-state index in [1.165, 1.54) is 0 Å². The molecule has 0 spiro atoms. The highest BCUT2D eigenvalue weighted by Crippen LogP contribution is 2.22. The van der Waals surface area contributed by atoms with Crippen LogP contribution in [0.2, 0.25) is 10.3 Å². The summed E-state index contributed by atoms with van der Waals surface area (Å²) in [7, 11) is 0. The van der Waals surface area contributed by atoms with Gasteiger partial charge in [0.2, 0.25) is 5.28 Å². The normalized spacial score (nSPS) is 11.0. The molecule has 2 aromatic rings. The maximum Gasteiger partial charge on any atom is 0.203 e. The quantitative estimate of drug-likeness (QED) is 0.713. The van der Waals surface area contributed by atoms with Gasteiger partial charge in [-0.1, -0.05) is 11.6 Å². The molecule has 0 unspecified atom stereocenters. The highest BCUT2D eigenvalue weighted by molar-refractivity contribution is 6.31. The summed E-state index contributed by atoms with van der Waals surface area (Å²) < 4.78 is 1.94. The number of imidazole rings is 1. The molecule has 0 fully saturated rings.